The molecule has 0 spiro atoms. The van der Waals surface area contributed by atoms with Gasteiger partial charge >= 0.3 is 0 Å². The molecule has 2 aromatic heterocycles. The number of hydrogen-bond acceptors (Lipinski definition) is 3. The minimum atomic E-state index is -0.347. The highest BCUT2D eigenvalue weighted by atomic mass is 35.5. The Morgan fingerprint density at radius 2 is 2.00 bits per heavy atom. The van der Waals surface area contributed by atoms with E-state index in [1.54, 1.807) is 12.3 Å². The van der Waals surface area contributed by atoms with Crippen LogP contribution in [-0.4, -0.2) is 15.7 Å². The standard InChI is InChI=1S/C20H15ClFN3OS/c21-18-16-7-6-15(22)10-17(16)27-19(18)20(26)23-11-13-4-1-2-5-14(13)12-25-9-3-8-24-25/h1-10H,11-12H2,(H,23,26). The van der Waals surface area contributed by atoms with Gasteiger partial charge in [0.1, 0.15) is 10.7 Å². The molecule has 4 rings (SSSR count). The number of carbonyl (C=O) groups is 1. The lowest BCUT2D eigenvalue weighted by atomic mass is 10.1. The Balaban J connectivity index is 1.52. The zero-order valence-electron chi connectivity index (χ0n) is 14.2. The van der Waals surface area contributed by atoms with Crippen LogP contribution in [0, 0.1) is 5.82 Å². The molecule has 0 aliphatic carbocycles. The quantitative estimate of drug-likeness (QED) is 0.520. The first-order valence-corrected chi connectivity index (χ1v) is 9.51. The maximum absolute atomic E-state index is 13.4. The van der Waals surface area contributed by atoms with E-state index in [4.69, 9.17) is 11.6 Å². The van der Waals surface area contributed by atoms with Crippen molar-refractivity contribution >= 4 is 38.9 Å². The normalized spacial score (nSPS) is 11.0. The first-order chi connectivity index (χ1) is 13.1. The number of fused-ring (bicyclic) bond motifs is 1. The molecule has 0 aliphatic heterocycles. The summed E-state index contributed by atoms with van der Waals surface area (Å²) in [6.07, 6.45) is 3.63. The average molecular weight is 400 g/mol. The number of halogens is 2. The maximum Gasteiger partial charge on any atom is 0.263 e. The minimum absolute atomic E-state index is 0.268. The number of carbonyl (C=O) groups excluding carboxylic acids is 1. The Morgan fingerprint density at radius 3 is 2.78 bits per heavy atom. The van der Waals surface area contributed by atoms with Crippen molar-refractivity contribution in [3.8, 4) is 0 Å². The number of nitrogens with zero attached hydrogens (tertiary/aromatic N) is 2. The molecule has 0 atom stereocenters. The monoisotopic (exact) mass is 399 g/mol. The molecular weight excluding hydrogens is 385 g/mol. The molecule has 2 heterocycles. The molecule has 27 heavy (non-hydrogen) atoms. The molecule has 0 saturated heterocycles. The zero-order chi connectivity index (χ0) is 18.8. The molecule has 4 aromatic rings. The zero-order valence-corrected chi connectivity index (χ0v) is 15.7. The Morgan fingerprint density at radius 1 is 1.19 bits per heavy atom. The topological polar surface area (TPSA) is 46.9 Å². The van der Waals surface area contributed by atoms with E-state index in [9.17, 15) is 9.18 Å². The van der Waals surface area contributed by atoms with Crippen LogP contribution in [0.15, 0.2) is 60.9 Å². The number of thiophene rings is 1. The molecule has 7 heteroatoms. The molecule has 0 radical (unpaired) electrons. The lowest BCUT2D eigenvalue weighted by molar-refractivity contribution is 0.0955. The molecule has 1 amide bonds. The Bertz CT molecular complexity index is 1110. The molecule has 0 fully saturated rings. The van der Waals surface area contributed by atoms with Gasteiger partial charge in [-0.2, -0.15) is 5.10 Å². The summed E-state index contributed by atoms with van der Waals surface area (Å²) < 4.78 is 15.9. The fraction of sp³-hybridized carbons (Fsp3) is 0.100. The van der Waals surface area contributed by atoms with E-state index in [-0.39, 0.29) is 11.7 Å². The third-order valence-corrected chi connectivity index (χ3v) is 5.90. The van der Waals surface area contributed by atoms with Crippen LogP contribution in [-0.2, 0) is 13.1 Å². The number of benzene rings is 2. The third-order valence-electron chi connectivity index (χ3n) is 4.25. The molecule has 0 saturated carbocycles. The van der Waals surface area contributed by atoms with E-state index in [2.05, 4.69) is 10.4 Å². The predicted molar refractivity (Wildman–Crippen MR) is 106 cm³/mol. The van der Waals surface area contributed by atoms with Gasteiger partial charge in [0.25, 0.3) is 5.91 Å². The van der Waals surface area contributed by atoms with E-state index < -0.39 is 0 Å². The van der Waals surface area contributed by atoms with Gasteiger partial charge in [-0.25, -0.2) is 4.39 Å². The highest BCUT2D eigenvalue weighted by molar-refractivity contribution is 7.21. The van der Waals surface area contributed by atoms with Gasteiger partial charge in [-0.15, -0.1) is 11.3 Å². The van der Waals surface area contributed by atoms with Crippen molar-refractivity contribution in [3.05, 3.63) is 87.8 Å². The highest BCUT2D eigenvalue weighted by Crippen LogP contribution is 2.35. The van der Waals surface area contributed by atoms with Gasteiger partial charge in [0.15, 0.2) is 0 Å². The predicted octanol–water partition coefficient (Wildman–Crippen LogP) is 4.87. The molecule has 1 N–H and O–H groups in total. The van der Waals surface area contributed by atoms with Gasteiger partial charge in [0, 0.05) is 29.0 Å². The van der Waals surface area contributed by atoms with Crippen LogP contribution < -0.4 is 5.32 Å². The lowest BCUT2D eigenvalue weighted by Crippen LogP contribution is -2.23. The number of nitrogens with one attached hydrogen (secondary N) is 1. The summed E-state index contributed by atoms with van der Waals surface area (Å²) in [7, 11) is 0. The number of aromatic nitrogens is 2. The largest absolute Gasteiger partial charge is 0.347 e. The average Bonchev–Trinajstić information content (AvgIpc) is 3.28. The van der Waals surface area contributed by atoms with Gasteiger partial charge < -0.3 is 5.32 Å². The van der Waals surface area contributed by atoms with E-state index >= 15 is 0 Å². The van der Waals surface area contributed by atoms with Crippen molar-refractivity contribution in [3.63, 3.8) is 0 Å². The highest BCUT2D eigenvalue weighted by Gasteiger charge is 2.17. The summed E-state index contributed by atoms with van der Waals surface area (Å²) in [5.41, 5.74) is 2.08. The smallest absolute Gasteiger partial charge is 0.263 e. The summed E-state index contributed by atoms with van der Waals surface area (Å²) in [5, 5.41) is 8.18. The number of amides is 1. The second-order valence-corrected chi connectivity index (χ2v) is 7.47. The van der Waals surface area contributed by atoms with Gasteiger partial charge in [-0.1, -0.05) is 35.9 Å². The summed E-state index contributed by atoms with van der Waals surface area (Å²) in [6, 6.07) is 14.1. The summed E-state index contributed by atoms with van der Waals surface area (Å²) >= 11 is 7.52. The maximum atomic E-state index is 13.4. The number of rotatable bonds is 5. The molecule has 2 aromatic carbocycles. The SMILES string of the molecule is O=C(NCc1ccccc1Cn1cccn1)c1sc2cc(F)ccc2c1Cl. The van der Waals surface area contributed by atoms with Crippen LogP contribution in [0.25, 0.3) is 10.1 Å². The van der Waals surface area contributed by atoms with Gasteiger partial charge in [-0.05, 0) is 35.4 Å². The van der Waals surface area contributed by atoms with Crippen LogP contribution in [0.4, 0.5) is 4.39 Å². The van der Waals surface area contributed by atoms with E-state index in [0.29, 0.717) is 33.1 Å². The van der Waals surface area contributed by atoms with Crippen LogP contribution in [0.5, 0.6) is 0 Å². The van der Waals surface area contributed by atoms with Crippen molar-refractivity contribution in [2.24, 2.45) is 0 Å². The first-order valence-electron chi connectivity index (χ1n) is 8.32. The molecule has 0 unspecified atom stereocenters. The van der Waals surface area contributed by atoms with Crippen LogP contribution >= 0.6 is 22.9 Å². The first kappa shape index (κ1) is 17.7. The Hall–Kier alpha value is -2.70. The van der Waals surface area contributed by atoms with Gasteiger partial charge in [-0.3, -0.25) is 9.48 Å². The van der Waals surface area contributed by atoms with Gasteiger partial charge in [0.05, 0.1) is 11.6 Å². The number of hydrogen-bond donors (Lipinski definition) is 1. The molecule has 136 valence electrons. The van der Waals surface area contributed by atoms with Crippen molar-refractivity contribution in [2.75, 3.05) is 0 Å². The summed E-state index contributed by atoms with van der Waals surface area (Å²) in [6.45, 7) is 0.997. The summed E-state index contributed by atoms with van der Waals surface area (Å²) in [4.78, 5) is 13.0. The second-order valence-electron chi connectivity index (χ2n) is 6.04. The van der Waals surface area contributed by atoms with Crippen molar-refractivity contribution in [2.45, 2.75) is 13.1 Å². The molecule has 4 nitrogen and oxygen atoms in total. The van der Waals surface area contributed by atoms with Crippen LogP contribution in [0.3, 0.4) is 0 Å². The summed E-state index contributed by atoms with van der Waals surface area (Å²) in [5.74, 6) is -0.615. The van der Waals surface area contributed by atoms with E-state index in [1.165, 1.54) is 23.5 Å². The Kier molecular flexibility index (Phi) is 4.92. The fourth-order valence-electron chi connectivity index (χ4n) is 2.89. The van der Waals surface area contributed by atoms with Gasteiger partial charge in [0.2, 0.25) is 0 Å². The van der Waals surface area contributed by atoms with E-state index in [0.717, 1.165) is 11.1 Å². The molecular formula is C20H15ClFN3OS. The van der Waals surface area contributed by atoms with Crippen molar-refractivity contribution in [1.82, 2.24) is 15.1 Å². The third kappa shape index (κ3) is 3.72. The van der Waals surface area contributed by atoms with Crippen molar-refractivity contribution < 1.29 is 9.18 Å². The fourth-order valence-corrected chi connectivity index (χ4v) is 4.35. The van der Waals surface area contributed by atoms with Crippen LogP contribution in [0.1, 0.15) is 20.8 Å². The second kappa shape index (κ2) is 7.50. The lowest BCUT2D eigenvalue weighted by Gasteiger charge is -2.10. The molecule has 0 bridgehead atoms. The van der Waals surface area contributed by atoms with E-state index in [1.807, 2.05) is 41.2 Å². The minimum Gasteiger partial charge on any atom is -0.347 e. The molecule has 0 aliphatic rings. The Labute approximate surface area is 164 Å². The van der Waals surface area contributed by atoms with Crippen LogP contribution in [0.2, 0.25) is 5.02 Å². The van der Waals surface area contributed by atoms with Crippen molar-refractivity contribution in [1.29, 1.82) is 0 Å².